The summed E-state index contributed by atoms with van der Waals surface area (Å²) in [5.41, 5.74) is 0.944. The molecule has 1 aromatic rings. The molecule has 0 aliphatic rings. The Labute approximate surface area is 82.7 Å². The summed E-state index contributed by atoms with van der Waals surface area (Å²) in [7, 11) is 0. The molecule has 0 bridgehead atoms. The number of anilines is 1. The predicted molar refractivity (Wildman–Crippen MR) is 54.1 cm³/mol. The third-order valence-electron chi connectivity index (χ3n) is 1.30. The third-order valence-corrected chi connectivity index (χ3v) is 2.01. The average molecular weight is 203 g/mol. The summed E-state index contributed by atoms with van der Waals surface area (Å²) < 4.78 is 0. The minimum Gasteiger partial charge on any atom is -0.383 e. The van der Waals surface area contributed by atoms with Crippen LogP contribution in [0, 0.1) is 6.07 Å². The Kier molecular flexibility index (Phi) is 3.24. The van der Waals surface area contributed by atoms with Crippen molar-refractivity contribution in [1.29, 1.82) is 0 Å². The molecule has 1 nitrogen and oxygen atoms in total. The Hall–Kier alpha value is -0.400. The quantitative estimate of drug-likeness (QED) is 0.773. The summed E-state index contributed by atoms with van der Waals surface area (Å²) in [6.07, 6.45) is 0. The zero-order valence-electron chi connectivity index (χ0n) is 6.99. The van der Waals surface area contributed by atoms with E-state index in [1.807, 2.05) is 0 Å². The van der Waals surface area contributed by atoms with Gasteiger partial charge in [0.25, 0.3) is 0 Å². The van der Waals surface area contributed by atoms with E-state index in [9.17, 15) is 0 Å². The van der Waals surface area contributed by atoms with Gasteiger partial charge in [-0.3, -0.25) is 0 Å². The molecule has 0 atom stereocenters. The van der Waals surface area contributed by atoms with Crippen LogP contribution in [-0.2, 0) is 0 Å². The van der Waals surface area contributed by atoms with Crippen molar-refractivity contribution in [3.8, 4) is 0 Å². The Morgan fingerprint density at radius 1 is 1.42 bits per heavy atom. The van der Waals surface area contributed by atoms with Crippen LogP contribution in [0.15, 0.2) is 12.1 Å². The molecule has 12 heavy (non-hydrogen) atoms. The standard InChI is InChI=1S/C9H10Cl2N/c1-6(2)12-7-3-4-8(10)9(11)5-7/h3,5-6,12H,1-2H3. The minimum atomic E-state index is 0.385. The Bertz CT molecular complexity index is 271. The van der Waals surface area contributed by atoms with Crippen LogP contribution in [0.5, 0.6) is 0 Å². The van der Waals surface area contributed by atoms with E-state index in [0.29, 0.717) is 16.1 Å². The fourth-order valence-corrected chi connectivity index (χ4v) is 1.15. The lowest BCUT2D eigenvalue weighted by Gasteiger charge is -2.09. The summed E-state index contributed by atoms with van der Waals surface area (Å²) in [5, 5.41) is 4.19. The van der Waals surface area contributed by atoms with Crippen molar-refractivity contribution in [3.63, 3.8) is 0 Å². The third kappa shape index (κ3) is 2.58. The maximum absolute atomic E-state index is 5.79. The highest BCUT2D eigenvalue weighted by Gasteiger charge is 2.00. The fourth-order valence-electron chi connectivity index (χ4n) is 0.868. The van der Waals surface area contributed by atoms with Gasteiger partial charge in [-0.05, 0) is 26.0 Å². The molecular weight excluding hydrogens is 193 g/mol. The number of halogens is 2. The van der Waals surface area contributed by atoms with Gasteiger partial charge in [-0.2, -0.15) is 0 Å². The van der Waals surface area contributed by atoms with Crippen molar-refractivity contribution in [2.24, 2.45) is 0 Å². The lowest BCUT2D eigenvalue weighted by atomic mass is 10.3. The molecule has 1 rings (SSSR count). The van der Waals surface area contributed by atoms with Crippen LogP contribution in [0.4, 0.5) is 5.69 Å². The molecule has 0 saturated heterocycles. The van der Waals surface area contributed by atoms with E-state index in [1.54, 1.807) is 12.1 Å². The first-order valence-electron chi connectivity index (χ1n) is 3.73. The molecule has 3 heteroatoms. The highest BCUT2D eigenvalue weighted by molar-refractivity contribution is 6.42. The van der Waals surface area contributed by atoms with Crippen LogP contribution in [-0.4, -0.2) is 6.04 Å². The van der Waals surface area contributed by atoms with E-state index in [0.717, 1.165) is 5.69 Å². The van der Waals surface area contributed by atoms with Gasteiger partial charge in [-0.25, -0.2) is 0 Å². The van der Waals surface area contributed by atoms with Crippen LogP contribution < -0.4 is 5.32 Å². The van der Waals surface area contributed by atoms with Gasteiger partial charge < -0.3 is 5.32 Å². The van der Waals surface area contributed by atoms with Crippen LogP contribution in [0.1, 0.15) is 13.8 Å². The predicted octanol–water partition coefficient (Wildman–Crippen LogP) is 3.61. The number of hydrogen-bond acceptors (Lipinski definition) is 1. The van der Waals surface area contributed by atoms with Crippen LogP contribution in [0.3, 0.4) is 0 Å². The lowest BCUT2D eigenvalue weighted by Crippen LogP contribution is -2.09. The van der Waals surface area contributed by atoms with Gasteiger partial charge in [0.05, 0.1) is 10.0 Å². The van der Waals surface area contributed by atoms with Crippen LogP contribution in [0.2, 0.25) is 10.0 Å². The average Bonchev–Trinajstić information content (AvgIpc) is 1.96. The highest BCUT2D eigenvalue weighted by Crippen LogP contribution is 2.24. The lowest BCUT2D eigenvalue weighted by molar-refractivity contribution is 0.900. The summed E-state index contributed by atoms with van der Waals surface area (Å²) >= 11 is 11.5. The van der Waals surface area contributed by atoms with Gasteiger partial charge in [-0.15, -0.1) is 0 Å². The molecule has 0 saturated carbocycles. The van der Waals surface area contributed by atoms with Crippen molar-refractivity contribution in [3.05, 3.63) is 28.2 Å². The molecule has 0 aliphatic heterocycles. The van der Waals surface area contributed by atoms with E-state index in [2.05, 4.69) is 25.2 Å². The van der Waals surface area contributed by atoms with Gasteiger partial charge in [0.2, 0.25) is 0 Å². The normalized spacial score (nSPS) is 10.4. The molecule has 1 N–H and O–H groups in total. The topological polar surface area (TPSA) is 12.0 Å². The maximum Gasteiger partial charge on any atom is 0.0672 e. The van der Waals surface area contributed by atoms with E-state index < -0.39 is 0 Å². The second-order valence-corrected chi connectivity index (χ2v) is 3.63. The summed E-state index contributed by atoms with van der Waals surface area (Å²) in [6.45, 7) is 4.12. The summed E-state index contributed by atoms with van der Waals surface area (Å²) in [5.74, 6) is 0. The number of hydrogen-bond donors (Lipinski definition) is 1. The van der Waals surface area contributed by atoms with Crippen molar-refractivity contribution in [1.82, 2.24) is 0 Å². The summed E-state index contributed by atoms with van der Waals surface area (Å²) in [4.78, 5) is 0. The zero-order chi connectivity index (χ0) is 9.14. The van der Waals surface area contributed by atoms with Gasteiger partial charge in [0.1, 0.15) is 0 Å². The molecule has 0 amide bonds. The van der Waals surface area contributed by atoms with Gasteiger partial charge in [0.15, 0.2) is 0 Å². The minimum absolute atomic E-state index is 0.385. The largest absolute Gasteiger partial charge is 0.383 e. The first-order chi connectivity index (χ1) is 5.59. The summed E-state index contributed by atoms with van der Waals surface area (Å²) in [6, 6.07) is 6.81. The molecule has 65 valence electrons. The maximum atomic E-state index is 5.79. The van der Waals surface area contributed by atoms with Crippen LogP contribution in [0.25, 0.3) is 0 Å². The smallest absolute Gasteiger partial charge is 0.0672 e. The van der Waals surface area contributed by atoms with Gasteiger partial charge in [0, 0.05) is 17.8 Å². The van der Waals surface area contributed by atoms with Crippen molar-refractivity contribution < 1.29 is 0 Å². The Morgan fingerprint density at radius 2 is 2.08 bits per heavy atom. The molecule has 0 heterocycles. The first kappa shape index (κ1) is 9.69. The molecule has 0 aromatic heterocycles. The Balaban J connectivity index is 2.82. The molecule has 1 radical (unpaired) electrons. The molecule has 0 fully saturated rings. The SMILES string of the molecule is CC(C)Nc1c[c]c(Cl)c(Cl)c1. The number of nitrogens with one attached hydrogen (secondary N) is 1. The van der Waals surface area contributed by atoms with E-state index in [-0.39, 0.29) is 0 Å². The number of rotatable bonds is 2. The monoisotopic (exact) mass is 202 g/mol. The molecule has 0 spiro atoms. The zero-order valence-corrected chi connectivity index (χ0v) is 8.50. The van der Waals surface area contributed by atoms with E-state index in [4.69, 9.17) is 23.2 Å². The van der Waals surface area contributed by atoms with E-state index in [1.165, 1.54) is 0 Å². The Morgan fingerprint density at radius 3 is 2.58 bits per heavy atom. The first-order valence-corrected chi connectivity index (χ1v) is 4.48. The molecule has 0 unspecified atom stereocenters. The van der Waals surface area contributed by atoms with E-state index >= 15 is 0 Å². The second-order valence-electron chi connectivity index (χ2n) is 2.85. The molecule has 0 aliphatic carbocycles. The van der Waals surface area contributed by atoms with Crippen LogP contribution >= 0.6 is 23.2 Å². The number of benzene rings is 1. The van der Waals surface area contributed by atoms with Crippen molar-refractivity contribution in [2.45, 2.75) is 19.9 Å². The molecular formula is C9H10Cl2N. The van der Waals surface area contributed by atoms with Gasteiger partial charge in [-0.1, -0.05) is 23.2 Å². The van der Waals surface area contributed by atoms with Crippen molar-refractivity contribution >= 4 is 28.9 Å². The second kappa shape index (κ2) is 4.01. The molecule has 1 aromatic carbocycles. The fraction of sp³-hybridized carbons (Fsp3) is 0.333. The van der Waals surface area contributed by atoms with Gasteiger partial charge >= 0.3 is 0 Å². The van der Waals surface area contributed by atoms with Crippen molar-refractivity contribution in [2.75, 3.05) is 5.32 Å². The highest BCUT2D eigenvalue weighted by atomic mass is 35.5.